The van der Waals surface area contributed by atoms with Gasteiger partial charge in [0.2, 0.25) is 5.16 Å². The van der Waals surface area contributed by atoms with Crippen LogP contribution in [0.3, 0.4) is 0 Å². The van der Waals surface area contributed by atoms with Crippen LogP contribution in [0.5, 0.6) is 0 Å². The molecule has 0 atom stereocenters. The summed E-state index contributed by atoms with van der Waals surface area (Å²) in [4.78, 5) is 12.5. The molecule has 2 aromatic carbocycles. The summed E-state index contributed by atoms with van der Waals surface area (Å²) in [6, 6.07) is 16.8. The lowest BCUT2D eigenvalue weighted by molar-refractivity contribution is 0.559. The summed E-state index contributed by atoms with van der Waals surface area (Å²) in [5, 5.41) is 15.4. The van der Waals surface area contributed by atoms with Crippen LogP contribution in [0.4, 0.5) is 0 Å². The fraction of sp³-hybridized carbons (Fsp3) is 0.100. The van der Waals surface area contributed by atoms with Gasteiger partial charge in [0, 0.05) is 22.6 Å². The molecule has 0 radical (unpaired) electrons. The lowest BCUT2D eigenvalue weighted by Gasteiger charge is -2.13. The molecule has 1 aliphatic rings. The van der Waals surface area contributed by atoms with Crippen LogP contribution in [-0.2, 0) is 6.42 Å². The Labute approximate surface area is 168 Å². The van der Waals surface area contributed by atoms with Gasteiger partial charge in [0.25, 0.3) is 0 Å². The van der Waals surface area contributed by atoms with E-state index in [1.807, 2.05) is 48.5 Å². The average molecular weight is 409 g/mol. The van der Waals surface area contributed by atoms with E-state index in [1.165, 1.54) is 11.8 Å². The maximum absolute atomic E-state index is 12.5. The van der Waals surface area contributed by atoms with Crippen LogP contribution in [0, 0.1) is 0 Å². The van der Waals surface area contributed by atoms with Gasteiger partial charge in [-0.25, -0.2) is 4.79 Å². The third-order valence-electron chi connectivity index (χ3n) is 4.46. The molecule has 0 amide bonds. The topological polar surface area (TPSA) is 73.3 Å². The smallest absolute Gasteiger partial charge is 0.345 e. The summed E-state index contributed by atoms with van der Waals surface area (Å²) >= 11 is 7.45. The van der Waals surface area contributed by atoms with Gasteiger partial charge in [0.1, 0.15) is 5.58 Å². The Bertz CT molecular complexity index is 1280. The zero-order chi connectivity index (χ0) is 19.1. The van der Waals surface area contributed by atoms with Gasteiger partial charge in [-0.1, -0.05) is 53.7 Å². The predicted octanol–water partition coefficient (Wildman–Crippen LogP) is 3.99. The second kappa shape index (κ2) is 6.92. The normalized spacial score (nSPS) is 13.4. The van der Waals surface area contributed by atoms with Crippen LogP contribution in [0.2, 0.25) is 5.02 Å². The van der Waals surface area contributed by atoms with Crippen molar-refractivity contribution < 1.29 is 4.42 Å². The van der Waals surface area contributed by atoms with Crippen LogP contribution in [-0.4, -0.2) is 26.3 Å². The van der Waals surface area contributed by atoms with Crippen molar-refractivity contribution in [2.45, 2.75) is 11.6 Å². The number of fused-ring (bicyclic) bond motifs is 2. The first kappa shape index (κ1) is 17.2. The van der Waals surface area contributed by atoms with Gasteiger partial charge < -0.3 is 4.42 Å². The highest BCUT2D eigenvalue weighted by Gasteiger charge is 2.22. The first-order chi connectivity index (χ1) is 13.7. The Morgan fingerprint density at radius 1 is 1.11 bits per heavy atom. The summed E-state index contributed by atoms with van der Waals surface area (Å²) in [7, 11) is 0. The first-order valence-electron chi connectivity index (χ1n) is 8.60. The molecular weight excluding hydrogens is 396 g/mol. The molecule has 0 spiro atoms. The molecule has 0 bridgehead atoms. The molecule has 4 aromatic rings. The molecule has 5 rings (SSSR count). The first-order valence-corrected chi connectivity index (χ1v) is 9.96. The molecule has 28 heavy (non-hydrogen) atoms. The van der Waals surface area contributed by atoms with E-state index < -0.39 is 5.63 Å². The highest BCUT2D eigenvalue weighted by molar-refractivity contribution is 7.99. The van der Waals surface area contributed by atoms with Gasteiger partial charge in [-0.2, -0.15) is 9.78 Å². The van der Waals surface area contributed by atoms with E-state index in [-0.39, 0.29) is 0 Å². The Morgan fingerprint density at radius 2 is 1.93 bits per heavy atom. The van der Waals surface area contributed by atoms with Crippen LogP contribution >= 0.6 is 23.4 Å². The van der Waals surface area contributed by atoms with E-state index in [2.05, 4.69) is 15.3 Å². The Balaban J connectivity index is 1.55. The van der Waals surface area contributed by atoms with Gasteiger partial charge >= 0.3 is 5.63 Å². The molecule has 2 aromatic heterocycles. The van der Waals surface area contributed by atoms with E-state index in [0.717, 1.165) is 10.9 Å². The largest absolute Gasteiger partial charge is 0.422 e. The number of benzene rings is 2. The van der Waals surface area contributed by atoms with Crippen molar-refractivity contribution in [2.75, 3.05) is 5.75 Å². The number of aromatic nitrogens is 3. The monoisotopic (exact) mass is 408 g/mol. The number of thioether (sulfide) groups is 1. The van der Waals surface area contributed by atoms with Crippen molar-refractivity contribution in [2.24, 2.45) is 5.10 Å². The SMILES string of the molecule is O=c1oc2ccccc2cc1C1=Nn2c(Cc3ccc(Cl)cc3)nnc2SC1. The molecule has 6 nitrogen and oxygen atoms in total. The number of halogens is 1. The third-order valence-corrected chi connectivity index (χ3v) is 5.65. The van der Waals surface area contributed by atoms with E-state index in [9.17, 15) is 4.79 Å². The van der Waals surface area contributed by atoms with E-state index in [1.54, 1.807) is 10.7 Å². The second-order valence-electron chi connectivity index (χ2n) is 6.33. The third kappa shape index (κ3) is 3.12. The standard InChI is InChI=1S/C20H13ClN4O2S/c21-14-7-5-12(6-8-14)9-18-22-23-20-25(18)24-16(11-28-20)15-10-13-3-1-2-4-17(13)27-19(15)26/h1-8,10H,9,11H2. The van der Waals surface area contributed by atoms with E-state index >= 15 is 0 Å². The maximum Gasteiger partial charge on any atom is 0.345 e. The zero-order valence-corrected chi connectivity index (χ0v) is 16.1. The molecule has 0 N–H and O–H groups in total. The van der Waals surface area contributed by atoms with Crippen LogP contribution < -0.4 is 5.63 Å². The fourth-order valence-corrected chi connectivity index (χ4v) is 4.03. The fourth-order valence-electron chi connectivity index (χ4n) is 3.06. The van der Waals surface area contributed by atoms with Crippen molar-refractivity contribution in [1.29, 1.82) is 0 Å². The highest BCUT2D eigenvalue weighted by atomic mass is 35.5. The van der Waals surface area contributed by atoms with Crippen molar-refractivity contribution in [3.05, 3.63) is 87.0 Å². The number of rotatable bonds is 3. The van der Waals surface area contributed by atoms with Gasteiger partial charge in [-0.15, -0.1) is 10.2 Å². The number of hydrogen-bond acceptors (Lipinski definition) is 6. The van der Waals surface area contributed by atoms with Crippen molar-refractivity contribution in [3.63, 3.8) is 0 Å². The predicted molar refractivity (Wildman–Crippen MR) is 109 cm³/mol. The summed E-state index contributed by atoms with van der Waals surface area (Å²) in [5.41, 5.74) is 2.33. The minimum atomic E-state index is -0.395. The van der Waals surface area contributed by atoms with Crippen molar-refractivity contribution >= 4 is 40.0 Å². The van der Waals surface area contributed by atoms with Crippen molar-refractivity contribution in [1.82, 2.24) is 14.9 Å². The molecule has 1 aliphatic heterocycles. The molecule has 3 heterocycles. The second-order valence-corrected chi connectivity index (χ2v) is 7.71. The van der Waals surface area contributed by atoms with Crippen LogP contribution in [0.25, 0.3) is 11.0 Å². The number of nitrogens with zero attached hydrogens (tertiary/aromatic N) is 4. The number of hydrogen-bond donors (Lipinski definition) is 0. The summed E-state index contributed by atoms with van der Waals surface area (Å²) in [6.07, 6.45) is 0.563. The molecule has 0 saturated heterocycles. The van der Waals surface area contributed by atoms with Gasteiger partial charge in [-0.05, 0) is 29.8 Å². The molecule has 8 heteroatoms. The summed E-state index contributed by atoms with van der Waals surface area (Å²) in [6.45, 7) is 0. The molecule has 0 unspecified atom stereocenters. The Morgan fingerprint density at radius 3 is 2.79 bits per heavy atom. The van der Waals surface area contributed by atoms with Gasteiger partial charge in [0.15, 0.2) is 5.82 Å². The lowest BCUT2D eigenvalue weighted by Crippen LogP contribution is -2.21. The molecular formula is C20H13ClN4O2S. The van der Waals surface area contributed by atoms with Crippen molar-refractivity contribution in [3.8, 4) is 0 Å². The van der Waals surface area contributed by atoms with Gasteiger partial charge in [-0.3, -0.25) is 0 Å². The minimum absolute atomic E-state index is 0.395. The Kier molecular flexibility index (Phi) is 4.26. The summed E-state index contributed by atoms with van der Waals surface area (Å²) in [5.74, 6) is 1.23. The molecule has 0 saturated carbocycles. The lowest BCUT2D eigenvalue weighted by atomic mass is 10.1. The minimum Gasteiger partial charge on any atom is -0.422 e. The quantitative estimate of drug-likeness (QED) is 0.479. The van der Waals surface area contributed by atoms with E-state index in [0.29, 0.717) is 45.0 Å². The molecule has 0 fully saturated rings. The average Bonchev–Trinajstić information content (AvgIpc) is 3.11. The molecule has 0 aliphatic carbocycles. The zero-order valence-electron chi connectivity index (χ0n) is 14.5. The van der Waals surface area contributed by atoms with E-state index in [4.69, 9.17) is 16.0 Å². The highest BCUT2D eigenvalue weighted by Crippen LogP contribution is 2.25. The van der Waals surface area contributed by atoms with Crippen LogP contribution in [0.1, 0.15) is 17.0 Å². The summed E-state index contributed by atoms with van der Waals surface area (Å²) < 4.78 is 7.16. The van der Waals surface area contributed by atoms with Gasteiger partial charge in [0.05, 0.1) is 11.3 Å². The van der Waals surface area contributed by atoms with Crippen LogP contribution in [0.15, 0.2) is 74.1 Å². The maximum atomic E-state index is 12.5. The number of para-hydroxylation sites is 1. The molecule has 138 valence electrons. The Hall–Kier alpha value is -2.90.